The average Bonchev–Trinajstić information content (AvgIpc) is 3.25. The highest BCUT2D eigenvalue weighted by Gasteiger charge is 2.36. The summed E-state index contributed by atoms with van der Waals surface area (Å²) < 4.78 is 22.0. The summed E-state index contributed by atoms with van der Waals surface area (Å²) in [4.78, 5) is 0. The number of nitrogens with two attached hydrogens (primary N) is 1. The molecule has 4 rings (SSSR count). The highest BCUT2D eigenvalue weighted by atomic mass is 16.5. The van der Waals surface area contributed by atoms with E-state index in [1.54, 1.807) is 12.1 Å². The summed E-state index contributed by atoms with van der Waals surface area (Å²) in [6.45, 7) is 2.68. The van der Waals surface area contributed by atoms with Crippen molar-refractivity contribution < 1.29 is 24.1 Å². The normalized spacial score (nSPS) is 14.8. The number of phenols is 1. The van der Waals surface area contributed by atoms with Crippen molar-refractivity contribution in [3.8, 4) is 46.2 Å². The third kappa shape index (κ3) is 3.87. The van der Waals surface area contributed by atoms with Crippen LogP contribution >= 0.6 is 0 Å². The molecule has 3 aromatic rings. The van der Waals surface area contributed by atoms with Crippen molar-refractivity contribution in [1.29, 1.82) is 5.26 Å². The molecule has 2 heterocycles. The largest absolute Gasteiger partial charge is 0.502 e. The maximum absolute atomic E-state index is 10.4. The first-order valence-corrected chi connectivity index (χ1v) is 10.4. The Bertz CT molecular complexity index is 1220. The molecule has 0 amide bonds. The third-order valence-electron chi connectivity index (χ3n) is 5.39. The Balaban J connectivity index is 1.87. The summed E-state index contributed by atoms with van der Waals surface area (Å²) >= 11 is 0. The highest BCUT2D eigenvalue weighted by molar-refractivity contribution is 5.72. The van der Waals surface area contributed by atoms with E-state index >= 15 is 0 Å². The number of nitrogens with one attached hydrogen (secondary N) is 1. The van der Waals surface area contributed by atoms with Gasteiger partial charge in [0.25, 0.3) is 0 Å². The summed E-state index contributed by atoms with van der Waals surface area (Å²) in [5, 5.41) is 27.6. The van der Waals surface area contributed by atoms with Crippen LogP contribution in [0.3, 0.4) is 0 Å². The minimum absolute atomic E-state index is 0.0395. The van der Waals surface area contributed by atoms with Gasteiger partial charge < -0.3 is 29.8 Å². The number of methoxy groups -OCH3 is 2. The molecule has 1 aromatic heterocycles. The van der Waals surface area contributed by atoms with Gasteiger partial charge in [-0.05, 0) is 48.4 Å². The number of rotatable bonds is 7. The monoisotopic (exact) mass is 448 g/mol. The molecule has 0 aliphatic carbocycles. The van der Waals surface area contributed by atoms with Gasteiger partial charge >= 0.3 is 0 Å². The van der Waals surface area contributed by atoms with Crippen molar-refractivity contribution in [3.63, 3.8) is 0 Å². The highest BCUT2D eigenvalue weighted by Crippen LogP contribution is 2.48. The maximum atomic E-state index is 10.4. The topological polar surface area (TPSA) is 136 Å². The number of allylic oxidation sites excluding steroid dienone is 1. The predicted octanol–water partition coefficient (Wildman–Crippen LogP) is 3.81. The number of fused-ring (bicyclic) bond motifs is 1. The van der Waals surface area contributed by atoms with Gasteiger partial charge in [-0.25, -0.2) is 0 Å². The summed E-state index contributed by atoms with van der Waals surface area (Å²) in [6, 6.07) is 13.0. The van der Waals surface area contributed by atoms with Gasteiger partial charge in [-0.3, -0.25) is 5.10 Å². The predicted molar refractivity (Wildman–Crippen MR) is 120 cm³/mol. The van der Waals surface area contributed by atoms with Crippen LogP contribution in [0.15, 0.2) is 47.9 Å². The molecular weight excluding hydrogens is 424 g/mol. The van der Waals surface area contributed by atoms with E-state index in [4.69, 9.17) is 24.7 Å². The average molecular weight is 448 g/mol. The number of phenolic OH excluding ortho intramolecular Hbond substituents is 1. The minimum Gasteiger partial charge on any atom is -0.502 e. The Morgan fingerprint density at radius 3 is 2.42 bits per heavy atom. The lowest BCUT2D eigenvalue weighted by Gasteiger charge is -2.25. The molecule has 4 N–H and O–H groups in total. The van der Waals surface area contributed by atoms with Crippen LogP contribution in [0.25, 0.3) is 11.3 Å². The van der Waals surface area contributed by atoms with Gasteiger partial charge in [0.2, 0.25) is 17.5 Å². The van der Waals surface area contributed by atoms with Crippen molar-refractivity contribution in [2.24, 2.45) is 5.73 Å². The first-order chi connectivity index (χ1) is 16.0. The van der Waals surface area contributed by atoms with Crippen LogP contribution in [0.4, 0.5) is 0 Å². The van der Waals surface area contributed by atoms with Crippen LogP contribution < -0.4 is 24.7 Å². The van der Waals surface area contributed by atoms with Gasteiger partial charge in [0, 0.05) is 5.56 Å². The lowest BCUT2D eigenvalue weighted by atomic mass is 9.82. The Kier molecular flexibility index (Phi) is 6.00. The first kappa shape index (κ1) is 21.9. The van der Waals surface area contributed by atoms with Crippen LogP contribution in [0.5, 0.6) is 28.9 Å². The van der Waals surface area contributed by atoms with Crippen LogP contribution in [0.1, 0.15) is 30.4 Å². The number of aromatic hydroxyl groups is 1. The van der Waals surface area contributed by atoms with E-state index in [0.29, 0.717) is 23.4 Å². The van der Waals surface area contributed by atoms with Gasteiger partial charge in [0.15, 0.2) is 11.5 Å². The second kappa shape index (κ2) is 9.04. The Hall–Kier alpha value is -4.32. The van der Waals surface area contributed by atoms with E-state index in [-0.39, 0.29) is 34.6 Å². The summed E-state index contributed by atoms with van der Waals surface area (Å²) in [5.41, 5.74) is 9.04. The number of hydrogen-bond donors (Lipinski definition) is 3. The quantitative estimate of drug-likeness (QED) is 0.496. The van der Waals surface area contributed by atoms with Gasteiger partial charge in [-0.15, -0.1) is 5.10 Å². The first-order valence-electron chi connectivity index (χ1n) is 10.4. The molecular formula is C24H24N4O5. The molecule has 0 saturated carbocycles. The van der Waals surface area contributed by atoms with E-state index in [1.165, 1.54) is 14.2 Å². The second-order valence-electron chi connectivity index (χ2n) is 7.39. The molecule has 0 saturated heterocycles. The Morgan fingerprint density at radius 2 is 1.85 bits per heavy atom. The van der Waals surface area contributed by atoms with Crippen LogP contribution in [-0.2, 0) is 0 Å². The van der Waals surface area contributed by atoms with Crippen LogP contribution in [0, 0.1) is 11.3 Å². The number of ether oxygens (including phenoxy) is 4. The van der Waals surface area contributed by atoms with E-state index in [1.807, 2.05) is 31.2 Å². The molecule has 1 atom stereocenters. The SMILES string of the molecule is CCCOc1ccc(-c2[nH]nc3c2[C@H](c2cc(OC)c(O)c(OC)c2)C(C#N)=C(N)O3)cc1. The van der Waals surface area contributed by atoms with E-state index < -0.39 is 5.92 Å². The molecule has 0 radical (unpaired) electrons. The molecule has 0 fully saturated rings. The van der Waals surface area contributed by atoms with Crippen molar-refractivity contribution in [2.45, 2.75) is 19.3 Å². The summed E-state index contributed by atoms with van der Waals surface area (Å²) in [7, 11) is 2.88. The molecule has 1 aliphatic rings. The minimum atomic E-state index is -0.632. The fraction of sp³-hybridized carbons (Fsp3) is 0.250. The van der Waals surface area contributed by atoms with E-state index in [2.05, 4.69) is 16.3 Å². The van der Waals surface area contributed by atoms with E-state index in [0.717, 1.165) is 17.7 Å². The maximum Gasteiger partial charge on any atom is 0.244 e. The van der Waals surface area contributed by atoms with Gasteiger partial charge in [-0.1, -0.05) is 6.92 Å². The van der Waals surface area contributed by atoms with Gasteiger partial charge in [0.05, 0.1) is 38.0 Å². The summed E-state index contributed by atoms with van der Waals surface area (Å²) in [5.74, 6) is 0.628. The number of benzene rings is 2. The second-order valence-corrected chi connectivity index (χ2v) is 7.39. The number of nitriles is 1. The third-order valence-corrected chi connectivity index (χ3v) is 5.39. The lowest BCUT2D eigenvalue weighted by Crippen LogP contribution is -2.21. The molecule has 9 heteroatoms. The molecule has 0 unspecified atom stereocenters. The van der Waals surface area contributed by atoms with Crippen molar-refractivity contribution in [1.82, 2.24) is 10.2 Å². The number of aromatic amines is 1. The Morgan fingerprint density at radius 1 is 1.18 bits per heavy atom. The molecule has 33 heavy (non-hydrogen) atoms. The lowest BCUT2D eigenvalue weighted by molar-refractivity contribution is 0.317. The standard InChI is InChI=1S/C24H24N4O5/c1-4-9-32-15-7-5-13(6-8-15)21-20-19(16(12-25)23(26)33-24(20)28-27-21)14-10-17(30-2)22(29)18(11-14)31-3/h5-8,10-11,19,29H,4,9,26H2,1-3H3,(H,27,28)/t19-/m1/s1. The number of H-pyrrole nitrogens is 1. The zero-order valence-electron chi connectivity index (χ0n) is 18.5. The van der Waals surface area contributed by atoms with Crippen LogP contribution in [0.2, 0.25) is 0 Å². The molecule has 170 valence electrons. The van der Waals surface area contributed by atoms with Crippen molar-refractivity contribution in [3.05, 3.63) is 59.0 Å². The zero-order valence-corrected chi connectivity index (χ0v) is 18.5. The number of aromatic nitrogens is 2. The fourth-order valence-electron chi connectivity index (χ4n) is 3.82. The van der Waals surface area contributed by atoms with Crippen molar-refractivity contribution in [2.75, 3.05) is 20.8 Å². The molecule has 2 aromatic carbocycles. The fourth-order valence-corrected chi connectivity index (χ4v) is 3.82. The zero-order chi connectivity index (χ0) is 23.5. The molecule has 0 bridgehead atoms. The number of hydrogen-bond acceptors (Lipinski definition) is 8. The van der Waals surface area contributed by atoms with Crippen LogP contribution in [-0.4, -0.2) is 36.1 Å². The Labute approximate surface area is 191 Å². The molecule has 0 spiro atoms. The van der Waals surface area contributed by atoms with Gasteiger partial charge in [0.1, 0.15) is 17.4 Å². The molecule has 9 nitrogen and oxygen atoms in total. The summed E-state index contributed by atoms with van der Waals surface area (Å²) in [6.07, 6.45) is 0.916. The van der Waals surface area contributed by atoms with Crippen molar-refractivity contribution >= 4 is 0 Å². The molecule has 1 aliphatic heterocycles. The number of nitrogens with zero attached hydrogens (tertiary/aromatic N) is 2. The van der Waals surface area contributed by atoms with Gasteiger partial charge in [-0.2, -0.15) is 5.26 Å². The smallest absolute Gasteiger partial charge is 0.244 e. The van der Waals surface area contributed by atoms with E-state index in [9.17, 15) is 10.4 Å².